The summed E-state index contributed by atoms with van der Waals surface area (Å²) in [4.78, 5) is 16.3. The number of amides is 2. The molecule has 0 aliphatic rings. The number of nitrogen functional groups attached to an aromatic ring is 1. The predicted octanol–water partition coefficient (Wildman–Crippen LogP) is 4.83. The van der Waals surface area contributed by atoms with Gasteiger partial charge < -0.3 is 11.1 Å². The third kappa shape index (κ3) is 3.09. The molecule has 0 saturated heterocycles. The third-order valence-electron chi connectivity index (χ3n) is 2.83. The van der Waals surface area contributed by atoms with Gasteiger partial charge in [0.15, 0.2) is 5.13 Å². The Labute approximate surface area is 140 Å². The first-order valence-corrected chi connectivity index (χ1v) is 7.78. The second kappa shape index (κ2) is 6.00. The minimum atomic E-state index is -0.470. The number of nitrogens with one attached hydrogen (secondary N) is 2. The van der Waals surface area contributed by atoms with Crippen LogP contribution in [0.5, 0.6) is 0 Å². The summed E-state index contributed by atoms with van der Waals surface area (Å²) in [6.45, 7) is 0. The molecule has 0 aliphatic carbocycles. The maximum Gasteiger partial charge on any atom is 0.325 e. The maximum atomic E-state index is 12.0. The fraction of sp³-hybridized carbons (Fsp3) is 0. The van der Waals surface area contributed by atoms with E-state index in [0.717, 1.165) is 10.2 Å². The van der Waals surface area contributed by atoms with Crippen molar-refractivity contribution in [2.75, 3.05) is 16.4 Å². The SMILES string of the molecule is Nc1ccc2nc(NC(=O)Nc3c(Cl)cccc3Cl)sc2c1. The van der Waals surface area contributed by atoms with Crippen LogP contribution in [0.25, 0.3) is 10.2 Å². The largest absolute Gasteiger partial charge is 0.399 e. The van der Waals surface area contributed by atoms with Gasteiger partial charge in [-0.3, -0.25) is 5.32 Å². The summed E-state index contributed by atoms with van der Waals surface area (Å²) in [5, 5.41) is 6.44. The number of carbonyl (C=O) groups excluding carboxylic acids is 1. The Bertz CT molecular complexity index is 845. The highest BCUT2D eigenvalue weighted by atomic mass is 35.5. The number of aromatic nitrogens is 1. The Morgan fingerprint density at radius 2 is 1.86 bits per heavy atom. The second-order valence-electron chi connectivity index (χ2n) is 4.42. The van der Waals surface area contributed by atoms with E-state index in [1.165, 1.54) is 11.3 Å². The zero-order valence-electron chi connectivity index (χ0n) is 11.1. The van der Waals surface area contributed by atoms with E-state index in [9.17, 15) is 4.79 Å². The first-order chi connectivity index (χ1) is 10.5. The molecule has 0 fully saturated rings. The van der Waals surface area contributed by atoms with Gasteiger partial charge in [0.1, 0.15) is 0 Å². The minimum absolute atomic E-state index is 0.355. The number of anilines is 3. The van der Waals surface area contributed by atoms with Crippen molar-refractivity contribution in [2.24, 2.45) is 0 Å². The molecule has 0 spiro atoms. The van der Waals surface area contributed by atoms with Gasteiger partial charge >= 0.3 is 6.03 Å². The van der Waals surface area contributed by atoms with Gasteiger partial charge in [0.2, 0.25) is 0 Å². The molecule has 3 aromatic rings. The normalized spacial score (nSPS) is 10.6. The van der Waals surface area contributed by atoms with Gasteiger partial charge in [-0.2, -0.15) is 0 Å². The number of hydrogen-bond acceptors (Lipinski definition) is 4. The van der Waals surface area contributed by atoms with Crippen LogP contribution in [-0.2, 0) is 0 Å². The van der Waals surface area contributed by atoms with Crippen LogP contribution in [0, 0.1) is 0 Å². The Morgan fingerprint density at radius 1 is 1.14 bits per heavy atom. The number of nitrogens with two attached hydrogens (primary N) is 1. The number of urea groups is 1. The molecule has 0 unspecified atom stereocenters. The Balaban J connectivity index is 1.78. The summed E-state index contributed by atoms with van der Waals surface area (Å²) in [5.74, 6) is 0. The monoisotopic (exact) mass is 352 g/mol. The maximum absolute atomic E-state index is 12.0. The lowest BCUT2D eigenvalue weighted by molar-refractivity contribution is 0.262. The van der Waals surface area contributed by atoms with Crippen molar-refractivity contribution in [3.05, 3.63) is 46.4 Å². The molecule has 5 nitrogen and oxygen atoms in total. The second-order valence-corrected chi connectivity index (χ2v) is 6.27. The number of carbonyl (C=O) groups is 1. The zero-order valence-corrected chi connectivity index (χ0v) is 13.4. The van der Waals surface area contributed by atoms with Crippen LogP contribution in [-0.4, -0.2) is 11.0 Å². The van der Waals surface area contributed by atoms with Gasteiger partial charge in [0.05, 0.1) is 25.9 Å². The predicted molar refractivity (Wildman–Crippen MR) is 93.1 cm³/mol. The fourth-order valence-corrected chi connectivity index (χ4v) is 3.26. The molecule has 0 saturated carbocycles. The molecular formula is C14H10Cl2N4OS. The highest BCUT2D eigenvalue weighted by Crippen LogP contribution is 2.31. The van der Waals surface area contributed by atoms with Gasteiger partial charge in [-0.05, 0) is 30.3 Å². The van der Waals surface area contributed by atoms with Crippen molar-refractivity contribution in [3.8, 4) is 0 Å². The molecule has 4 N–H and O–H groups in total. The van der Waals surface area contributed by atoms with Crippen molar-refractivity contribution in [3.63, 3.8) is 0 Å². The van der Waals surface area contributed by atoms with Crippen molar-refractivity contribution >= 4 is 67.3 Å². The molecule has 1 heterocycles. The van der Waals surface area contributed by atoms with Crippen LogP contribution >= 0.6 is 34.5 Å². The lowest BCUT2D eigenvalue weighted by Crippen LogP contribution is -2.19. The molecule has 0 bridgehead atoms. The molecule has 1 aromatic heterocycles. The number of rotatable bonds is 2. The van der Waals surface area contributed by atoms with Gasteiger partial charge in [-0.1, -0.05) is 40.6 Å². The third-order valence-corrected chi connectivity index (χ3v) is 4.40. The van der Waals surface area contributed by atoms with E-state index >= 15 is 0 Å². The summed E-state index contributed by atoms with van der Waals surface area (Å²) >= 11 is 13.3. The molecule has 22 heavy (non-hydrogen) atoms. The number of halogens is 2. The lowest BCUT2D eigenvalue weighted by atomic mass is 10.3. The summed E-state index contributed by atoms with van der Waals surface area (Å²) in [5.41, 5.74) is 7.49. The first-order valence-electron chi connectivity index (χ1n) is 6.21. The molecule has 0 aliphatic heterocycles. The molecular weight excluding hydrogens is 343 g/mol. The Morgan fingerprint density at radius 3 is 2.59 bits per heavy atom. The topological polar surface area (TPSA) is 80.0 Å². The van der Waals surface area contributed by atoms with Crippen LogP contribution in [0.4, 0.5) is 21.3 Å². The highest BCUT2D eigenvalue weighted by molar-refractivity contribution is 7.22. The molecule has 112 valence electrons. The van der Waals surface area contributed by atoms with Crippen LogP contribution in [0.3, 0.4) is 0 Å². The summed E-state index contributed by atoms with van der Waals surface area (Å²) in [6, 6.07) is 9.88. The summed E-state index contributed by atoms with van der Waals surface area (Å²) in [7, 11) is 0. The van der Waals surface area contributed by atoms with E-state index in [1.807, 2.05) is 0 Å². The van der Waals surface area contributed by atoms with E-state index in [0.29, 0.717) is 26.6 Å². The summed E-state index contributed by atoms with van der Waals surface area (Å²) < 4.78 is 0.895. The molecule has 8 heteroatoms. The van der Waals surface area contributed by atoms with E-state index in [-0.39, 0.29) is 0 Å². The van der Waals surface area contributed by atoms with E-state index in [1.54, 1.807) is 36.4 Å². The average Bonchev–Trinajstić information content (AvgIpc) is 2.84. The Hall–Kier alpha value is -2.02. The fourth-order valence-electron chi connectivity index (χ4n) is 1.85. The van der Waals surface area contributed by atoms with Crippen molar-refractivity contribution in [2.45, 2.75) is 0 Å². The molecule has 3 rings (SSSR count). The highest BCUT2D eigenvalue weighted by Gasteiger charge is 2.11. The average molecular weight is 353 g/mol. The number of fused-ring (bicyclic) bond motifs is 1. The van der Waals surface area contributed by atoms with Crippen LogP contribution < -0.4 is 16.4 Å². The number of thiazole rings is 1. The van der Waals surface area contributed by atoms with Crippen molar-refractivity contribution in [1.29, 1.82) is 0 Å². The smallest absolute Gasteiger partial charge is 0.325 e. The number of para-hydroxylation sites is 1. The van der Waals surface area contributed by atoms with E-state index in [4.69, 9.17) is 28.9 Å². The number of nitrogens with zero attached hydrogens (tertiary/aromatic N) is 1. The summed E-state index contributed by atoms with van der Waals surface area (Å²) in [6.07, 6.45) is 0. The van der Waals surface area contributed by atoms with E-state index < -0.39 is 6.03 Å². The van der Waals surface area contributed by atoms with Gasteiger partial charge in [-0.15, -0.1) is 0 Å². The molecule has 0 atom stereocenters. The first kappa shape index (κ1) is 14.9. The molecule has 2 aromatic carbocycles. The quantitative estimate of drug-likeness (QED) is 0.577. The lowest BCUT2D eigenvalue weighted by Gasteiger charge is -2.08. The number of hydrogen-bond donors (Lipinski definition) is 3. The van der Waals surface area contributed by atoms with Gasteiger partial charge in [-0.25, -0.2) is 9.78 Å². The van der Waals surface area contributed by atoms with Crippen molar-refractivity contribution in [1.82, 2.24) is 4.98 Å². The van der Waals surface area contributed by atoms with Crippen LogP contribution in [0.2, 0.25) is 10.0 Å². The molecule has 0 radical (unpaired) electrons. The van der Waals surface area contributed by atoms with Crippen LogP contribution in [0.15, 0.2) is 36.4 Å². The molecule has 2 amide bonds. The number of benzene rings is 2. The van der Waals surface area contributed by atoms with Gasteiger partial charge in [0.25, 0.3) is 0 Å². The van der Waals surface area contributed by atoms with Gasteiger partial charge in [0, 0.05) is 5.69 Å². The minimum Gasteiger partial charge on any atom is -0.399 e. The zero-order chi connectivity index (χ0) is 15.7. The van der Waals surface area contributed by atoms with Crippen molar-refractivity contribution < 1.29 is 4.79 Å². The van der Waals surface area contributed by atoms with Crippen LogP contribution in [0.1, 0.15) is 0 Å². The van der Waals surface area contributed by atoms with E-state index in [2.05, 4.69) is 15.6 Å². The standard InChI is InChI=1S/C14H10Cl2N4OS/c15-8-2-1-3-9(16)12(8)19-13(21)20-14-18-10-5-4-7(17)6-11(10)22-14/h1-6H,17H2,(H2,18,19,20,21). The Kier molecular flexibility index (Phi) is 4.06.